The van der Waals surface area contributed by atoms with Crippen LogP contribution in [0.25, 0.3) is 0 Å². The van der Waals surface area contributed by atoms with Gasteiger partial charge in [-0.25, -0.2) is 0 Å². The third kappa shape index (κ3) is 8.56. The number of nitrogens with zero attached hydrogens (tertiary/aromatic N) is 1. The molecule has 0 aliphatic heterocycles. The van der Waals surface area contributed by atoms with Crippen LogP contribution in [0.4, 0.5) is 0 Å². The molecule has 0 bridgehead atoms. The van der Waals surface area contributed by atoms with Gasteiger partial charge in [0, 0.05) is 27.9 Å². The van der Waals surface area contributed by atoms with Gasteiger partial charge in [-0.15, -0.1) is 11.8 Å². The average molecular weight is 550 g/mol. The molecule has 1 atom stereocenters. The largest absolute Gasteiger partial charge is 0.350 e. The van der Waals surface area contributed by atoms with Crippen molar-refractivity contribution in [3.05, 3.63) is 67.6 Å². The minimum Gasteiger partial charge on any atom is -0.350 e. The van der Waals surface area contributed by atoms with Gasteiger partial charge in [0.15, 0.2) is 0 Å². The number of benzene rings is 2. The molecule has 0 aromatic heterocycles. The van der Waals surface area contributed by atoms with Crippen molar-refractivity contribution in [1.29, 1.82) is 0 Å². The highest BCUT2D eigenvalue weighted by molar-refractivity contribution is 7.99. The summed E-state index contributed by atoms with van der Waals surface area (Å²) in [4.78, 5) is 28.0. The highest BCUT2D eigenvalue weighted by Gasteiger charge is 2.30. The van der Waals surface area contributed by atoms with Crippen molar-refractivity contribution in [2.45, 2.75) is 58.0 Å². The Bertz CT molecular complexity index is 975. The first kappa shape index (κ1) is 28.1. The fourth-order valence-corrected chi connectivity index (χ4v) is 5.17. The minimum atomic E-state index is -0.629. The number of nitrogens with one attached hydrogen (secondary N) is 1. The summed E-state index contributed by atoms with van der Waals surface area (Å²) in [6.07, 6.45) is 0.468. The van der Waals surface area contributed by atoms with E-state index < -0.39 is 11.6 Å². The first-order valence-electron chi connectivity index (χ1n) is 10.5. The van der Waals surface area contributed by atoms with E-state index in [9.17, 15) is 9.59 Å². The highest BCUT2D eigenvalue weighted by atomic mass is 35.5. The molecule has 0 saturated carbocycles. The average Bonchev–Trinajstić information content (AvgIpc) is 2.71. The Labute approximate surface area is 220 Å². The second-order valence-corrected chi connectivity index (χ2v) is 11.2. The number of carbonyl (C=O) groups is 2. The summed E-state index contributed by atoms with van der Waals surface area (Å²) < 4.78 is 0. The van der Waals surface area contributed by atoms with Crippen LogP contribution in [0.5, 0.6) is 0 Å². The van der Waals surface area contributed by atoms with Gasteiger partial charge in [-0.1, -0.05) is 65.5 Å². The van der Waals surface area contributed by atoms with Gasteiger partial charge in [0.05, 0.1) is 15.8 Å². The monoisotopic (exact) mass is 548 g/mol. The molecule has 0 aliphatic rings. The maximum Gasteiger partial charge on any atom is 0.243 e. The van der Waals surface area contributed by atoms with Crippen LogP contribution < -0.4 is 5.32 Å². The second-order valence-electron chi connectivity index (χ2n) is 8.63. The zero-order valence-corrected chi connectivity index (χ0v) is 22.9. The van der Waals surface area contributed by atoms with Crippen LogP contribution in [0.3, 0.4) is 0 Å². The molecule has 2 amide bonds. The molecule has 0 heterocycles. The molecule has 0 aliphatic carbocycles. The Balaban J connectivity index is 2.23. The van der Waals surface area contributed by atoms with Gasteiger partial charge in [0.2, 0.25) is 11.8 Å². The number of hydrogen-bond acceptors (Lipinski definition) is 3. The Hall–Kier alpha value is -1.11. The molecule has 1 N–H and O–H groups in total. The third-order valence-corrected chi connectivity index (χ3v) is 7.15. The molecular formula is C24H28Cl4N2O2S. The van der Waals surface area contributed by atoms with Gasteiger partial charge < -0.3 is 10.2 Å². The van der Waals surface area contributed by atoms with Crippen LogP contribution in [0.1, 0.15) is 45.2 Å². The molecule has 0 saturated heterocycles. The molecule has 9 heteroatoms. The first-order valence-corrected chi connectivity index (χ1v) is 13.2. The van der Waals surface area contributed by atoms with Crippen molar-refractivity contribution in [3.8, 4) is 0 Å². The van der Waals surface area contributed by atoms with E-state index in [-0.39, 0.29) is 24.1 Å². The molecule has 2 rings (SSSR count). The second kappa shape index (κ2) is 12.6. The Morgan fingerprint density at radius 1 is 1.00 bits per heavy atom. The highest BCUT2D eigenvalue weighted by Crippen LogP contribution is 2.29. The molecule has 0 unspecified atom stereocenters. The predicted octanol–water partition coefficient (Wildman–Crippen LogP) is 7.26. The van der Waals surface area contributed by atoms with Crippen molar-refractivity contribution in [3.63, 3.8) is 0 Å². The van der Waals surface area contributed by atoms with Gasteiger partial charge in [0.25, 0.3) is 0 Å². The fraction of sp³-hybridized carbons (Fsp3) is 0.417. The summed E-state index contributed by atoms with van der Waals surface area (Å²) >= 11 is 26.1. The van der Waals surface area contributed by atoms with E-state index in [4.69, 9.17) is 46.4 Å². The van der Waals surface area contributed by atoms with Crippen molar-refractivity contribution in [1.82, 2.24) is 10.2 Å². The Kier molecular flexibility index (Phi) is 10.7. The van der Waals surface area contributed by atoms with E-state index in [1.165, 1.54) is 11.8 Å². The summed E-state index contributed by atoms with van der Waals surface area (Å²) in [5.74, 6) is 0.292. The smallest absolute Gasteiger partial charge is 0.243 e. The van der Waals surface area contributed by atoms with Crippen molar-refractivity contribution in [2.24, 2.45) is 0 Å². The van der Waals surface area contributed by atoms with Gasteiger partial charge in [0.1, 0.15) is 6.04 Å². The number of amides is 2. The van der Waals surface area contributed by atoms with E-state index >= 15 is 0 Å². The summed E-state index contributed by atoms with van der Waals surface area (Å²) in [6.45, 7) is 7.85. The van der Waals surface area contributed by atoms with E-state index in [2.05, 4.69) is 5.32 Å². The van der Waals surface area contributed by atoms with Gasteiger partial charge >= 0.3 is 0 Å². The Morgan fingerprint density at radius 2 is 1.64 bits per heavy atom. The van der Waals surface area contributed by atoms with Gasteiger partial charge in [-0.05, 0) is 62.6 Å². The maximum atomic E-state index is 13.3. The van der Waals surface area contributed by atoms with Crippen molar-refractivity contribution >= 4 is 70.0 Å². The Morgan fingerprint density at radius 3 is 2.18 bits per heavy atom. The number of halogens is 4. The predicted molar refractivity (Wildman–Crippen MR) is 142 cm³/mol. The standard InChI is InChI=1S/C24H28Cl4N2O2S/c1-5-21(23(32)29-24(2,3)4)30(12-15-9-10-19(27)20(28)11-15)22(31)14-33-13-16-17(25)7-6-8-18(16)26/h6-11,21H,5,12-14H2,1-4H3,(H,29,32)/t21-/m1/s1. The van der Waals surface area contributed by atoms with Crippen molar-refractivity contribution in [2.75, 3.05) is 5.75 Å². The zero-order chi connectivity index (χ0) is 24.8. The summed E-state index contributed by atoms with van der Waals surface area (Å²) in [6, 6.07) is 9.90. The summed E-state index contributed by atoms with van der Waals surface area (Å²) in [5.41, 5.74) is 1.16. The van der Waals surface area contributed by atoms with Crippen LogP contribution in [0.15, 0.2) is 36.4 Å². The topological polar surface area (TPSA) is 49.4 Å². The van der Waals surface area contributed by atoms with E-state index in [0.717, 1.165) is 11.1 Å². The van der Waals surface area contributed by atoms with Crippen molar-refractivity contribution < 1.29 is 9.59 Å². The lowest BCUT2D eigenvalue weighted by Crippen LogP contribution is -2.53. The van der Waals surface area contributed by atoms with E-state index in [1.54, 1.807) is 41.3 Å². The molecular weight excluding hydrogens is 522 g/mol. The number of carbonyl (C=O) groups excluding carboxylic acids is 2. The third-order valence-electron chi connectivity index (χ3n) is 4.75. The lowest BCUT2D eigenvalue weighted by molar-refractivity contribution is -0.140. The normalized spacial score (nSPS) is 12.4. The van der Waals surface area contributed by atoms with Crippen LogP contribution in [-0.2, 0) is 21.9 Å². The molecule has 180 valence electrons. The summed E-state index contributed by atoms with van der Waals surface area (Å²) in [5, 5.41) is 4.94. The van der Waals surface area contributed by atoms with Crippen LogP contribution in [-0.4, -0.2) is 34.0 Å². The van der Waals surface area contributed by atoms with Crippen LogP contribution >= 0.6 is 58.2 Å². The minimum absolute atomic E-state index is 0.162. The molecule has 4 nitrogen and oxygen atoms in total. The lowest BCUT2D eigenvalue weighted by Gasteiger charge is -2.33. The zero-order valence-electron chi connectivity index (χ0n) is 19.1. The number of thioether (sulfide) groups is 1. The molecule has 0 fully saturated rings. The van der Waals surface area contributed by atoms with Gasteiger partial charge in [-0.3, -0.25) is 9.59 Å². The van der Waals surface area contributed by atoms with Crippen LogP contribution in [0.2, 0.25) is 20.1 Å². The van der Waals surface area contributed by atoms with E-state index in [1.807, 2.05) is 27.7 Å². The molecule has 0 spiro atoms. The number of rotatable bonds is 9. The molecule has 2 aromatic carbocycles. The quantitative estimate of drug-likeness (QED) is 0.358. The van der Waals surface area contributed by atoms with E-state index in [0.29, 0.717) is 32.3 Å². The number of hydrogen-bond donors (Lipinski definition) is 1. The summed E-state index contributed by atoms with van der Waals surface area (Å²) in [7, 11) is 0. The molecule has 0 radical (unpaired) electrons. The maximum absolute atomic E-state index is 13.3. The molecule has 2 aromatic rings. The van der Waals surface area contributed by atoms with Crippen LogP contribution in [0, 0.1) is 0 Å². The first-order chi connectivity index (χ1) is 15.4. The van der Waals surface area contributed by atoms with Gasteiger partial charge in [-0.2, -0.15) is 0 Å². The molecule has 33 heavy (non-hydrogen) atoms. The lowest BCUT2D eigenvalue weighted by atomic mass is 10.1. The SMILES string of the molecule is CC[C@H](C(=O)NC(C)(C)C)N(Cc1ccc(Cl)c(Cl)c1)C(=O)CSCc1c(Cl)cccc1Cl. The fourth-order valence-electron chi connectivity index (χ4n) is 3.20.